The number of hydrogen-bond donors (Lipinski definition) is 2. The van der Waals surface area contributed by atoms with Crippen LogP contribution in [0.25, 0.3) is 0 Å². The van der Waals surface area contributed by atoms with Gasteiger partial charge < -0.3 is 5.11 Å². The van der Waals surface area contributed by atoms with Crippen LogP contribution in [0.1, 0.15) is 30.8 Å². The number of nitrogens with one attached hydrogen (secondary N) is 1. The lowest BCUT2D eigenvalue weighted by Gasteiger charge is -2.17. The third-order valence-electron chi connectivity index (χ3n) is 2.38. The summed E-state index contributed by atoms with van der Waals surface area (Å²) in [5, 5.41) is 15.8. The molecule has 0 aliphatic carbocycles. The van der Waals surface area contributed by atoms with Crippen molar-refractivity contribution in [2.45, 2.75) is 33.1 Å². The third kappa shape index (κ3) is 1.43. The second kappa shape index (κ2) is 2.87. The molecule has 4 nitrogen and oxygen atoms in total. The summed E-state index contributed by atoms with van der Waals surface area (Å²) in [7, 11) is 0. The molecule has 0 aromatic carbocycles. The van der Waals surface area contributed by atoms with Crippen molar-refractivity contribution in [3.8, 4) is 0 Å². The second-order valence-corrected chi connectivity index (χ2v) is 3.75. The molecule has 72 valence electrons. The number of aryl methyl sites for hydroxylation is 1. The van der Waals surface area contributed by atoms with Gasteiger partial charge in [0, 0.05) is 5.69 Å². The summed E-state index contributed by atoms with van der Waals surface area (Å²) in [6.45, 7) is 7.05. The number of hydrogen-bond acceptors (Lipinski definition) is 2. The van der Waals surface area contributed by atoms with Gasteiger partial charge in [-0.05, 0) is 33.3 Å². The first-order chi connectivity index (χ1) is 5.87. The van der Waals surface area contributed by atoms with Crippen LogP contribution in [-0.2, 0) is 10.2 Å². The molecular formula is C9H14N2O2. The van der Waals surface area contributed by atoms with Crippen molar-refractivity contribution in [2.24, 2.45) is 0 Å². The fourth-order valence-corrected chi connectivity index (χ4v) is 1.19. The van der Waals surface area contributed by atoms with E-state index < -0.39 is 11.4 Å². The van der Waals surface area contributed by atoms with Gasteiger partial charge in [-0.3, -0.25) is 9.89 Å². The molecule has 1 heterocycles. The summed E-state index contributed by atoms with van der Waals surface area (Å²) >= 11 is 0. The topological polar surface area (TPSA) is 66.0 Å². The average Bonchev–Trinajstić information content (AvgIpc) is 2.33. The minimum atomic E-state index is -0.922. The van der Waals surface area contributed by atoms with Gasteiger partial charge in [-0.15, -0.1) is 0 Å². The van der Waals surface area contributed by atoms with Crippen molar-refractivity contribution in [2.75, 3.05) is 0 Å². The van der Waals surface area contributed by atoms with E-state index >= 15 is 0 Å². The van der Waals surface area contributed by atoms with Gasteiger partial charge in [-0.25, -0.2) is 0 Å². The second-order valence-electron chi connectivity index (χ2n) is 3.75. The third-order valence-corrected chi connectivity index (χ3v) is 2.38. The first-order valence-electron chi connectivity index (χ1n) is 4.12. The standard InChI is InChI=1S/C9H14N2O2/c1-5-6(2)10-11-7(5)9(3,4)8(12)13/h1-4H3,(H,10,11)(H,12,13). The van der Waals surface area contributed by atoms with Crippen LogP contribution in [0.2, 0.25) is 0 Å². The molecule has 13 heavy (non-hydrogen) atoms. The maximum absolute atomic E-state index is 10.9. The van der Waals surface area contributed by atoms with Gasteiger partial charge in [-0.1, -0.05) is 0 Å². The first-order valence-corrected chi connectivity index (χ1v) is 4.12. The molecule has 1 aromatic heterocycles. The largest absolute Gasteiger partial charge is 0.481 e. The van der Waals surface area contributed by atoms with E-state index in [9.17, 15) is 4.79 Å². The molecule has 0 unspecified atom stereocenters. The maximum atomic E-state index is 10.9. The Morgan fingerprint density at radius 3 is 2.31 bits per heavy atom. The van der Waals surface area contributed by atoms with Gasteiger partial charge in [-0.2, -0.15) is 5.10 Å². The number of aromatic nitrogens is 2. The van der Waals surface area contributed by atoms with Crippen LogP contribution >= 0.6 is 0 Å². The number of carbonyl (C=O) groups is 1. The summed E-state index contributed by atoms with van der Waals surface area (Å²) in [6.07, 6.45) is 0. The van der Waals surface area contributed by atoms with Crippen LogP contribution in [0.15, 0.2) is 0 Å². The number of aromatic amines is 1. The molecule has 0 atom stereocenters. The number of carboxylic acid groups (broad SMARTS) is 1. The van der Waals surface area contributed by atoms with Crippen LogP contribution in [-0.4, -0.2) is 21.3 Å². The number of H-pyrrole nitrogens is 1. The van der Waals surface area contributed by atoms with Crippen LogP contribution in [0.4, 0.5) is 0 Å². The molecule has 4 heteroatoms. The van der Waals surface area contributed by atoms with Gasteiger partial charge in [0.05, 0.1) is 5.69 Å². The lowest BCUT2D eigenvalue weighted by Crippen LogP contribution is -2.29. The molecule has 0 spiro atoms. The van der Waals surface area contributed by atoms with E-state index in [1.807, 2.05) is 13.8 Å². The summed E-state index contributed by atoms with van der Waals surface area (Å²) in [5.41, 5.74) is 1.53. The van der Waals surface area contributed by atoms with Gasteiger partial charge in [0.1, 0.15) is 5.41 Å². The van der Waals surface area contributed by atoms with E-state index in [0.29, 0.717) is 5.69 Å². The highest BCUT2D eigenvalue weighted by Crippen LogP contribution is 2.25. The Kier molecular flexibility index (Phi) is 2.15. The summed E-state index contributed by atoms with van der Waals surface area (Å²) in [4.78, 5) is 10.9. The monoisotopic (exact) mass is 182 g/mol. The van der Waals surface area contributed by atoms with E-state index in [2.05, 4.69) is 10.2 Å². The zero-order valence-corrected chi connectivity index (χ0v) is 8.30. The van der Waals surface area contributed by atoms with E-state index in [1.54, 1.807) is 13.8 Å². The Hall–Kier alpha value is -1.32. The smallest absolute Gasteiger partial charge is 0.315 e. The SMILES string of the molecule is Cc1[nH]nc(C(C)(C)C(=O)O)c1C. The van der Waals surface area contributed by atoms with Crippen molar-refractivity contribution in [3.05, 3.63) is 17.0 Å². The molecule has 0 bridgehead atoms. The minimum absolute atomic E-state index is 0.609. The lowest BCUT2D eigenvalue weighted by atomic mass is 9.87. The molecule has 0 amide bonds. The van der Waals surface area contributed by atoms with Gasteiger partial charge in [0.15, 0.2) is 0 Å². The Morgan fingerprint density at radius 1 is 1.46 bits per heavy atom. The van der Waals surface area contributed by atoms with Crippen molar-refractivity contribution in [1.82, 2.24) is 10.2 Å². The average molecular weight is 182 g/mol. The highest BCUT2D eigenvalue weighted by atomic mass is 16.4. The predicted octanol–water partition coefficient (Wildman–Crippen LogP) is 1.39. The molecule has 0 aliphatic heterocycles. The summed E-state index contributed by atoms with van der Waals surface area (Å²) in [6, 6.07) is 0. The number of aliphatic carboxylic acids is 1. The quantitative estimate of drug-likeness (QED) is 0.726. The molecule has 0 fully saturated rings. The Labute approximate surface area is 77.0 Å². The molecule has 0 saturated heterocycles. The van der Waals surface area contributed by atoms with Gasteiger partial charge in [0.25, 0.3) is 0 Å². The Balaban J connectivity index is 3.22. The van der Waals surface area contributed by atoms with Gasteiger partial charge in [0.2, 0.25) is 0 Å². The predicted molar refractivity (Wildman–Crippen MR) is 48.7 cm³/mol. The maximum Gasteiger partial charge on any atom is 0.315 e. The first kappa shape index (κ1) is 9.77. The van der Waals surface area contributed by atoms with E-state index in [4.69, 9.17) is 5.11 Å². The van der Waals surface area contributed by atoms with E-state index in [-0.39, 0.29) is 0 Å². The molecule has 2 N–H and O–H groups in total. The molecular weight excluding hydrogens is 168 g/mol. The van der Waals surface area contributed by atoms with Crippen LogP contribution < -0.4 is 0 Å². The fraction of sp³-hybridized carbons (Fsp3) is 0.556. The van der Waals surface area contributed by atoms with Crippen molar-refractivity contribution in [3.63, 3.8) is 0 Å². The zero-order valence-electron chi connectivity index (χ0n) is 8.30. The number of carboxylic acids is 1. The fourth-order valence-electron chi connectivity index (χ4n) is 1.19. The normalized spacial score (nSPS) is 11.7. The molecule has 1 rings (SSSR count). The molecule has 0 radical (unpaired) electrons. The van der Waals surface area contributed by atoms with Crippen LogP contribution in [0.3, 0.4) is 0 Å². The molecule has 0 aliphatic rings. The van der Waals surface area contributed by atoms with Gasteiger partial charge >= 0.3 is 5.97 Å². The lowest BCUT2D eigenvalue weighted by molar-refractivity contribution is -0.142. The Bertz CT molecular complexity index is 339. The minimum Gasteiger partial charge on any atom is -0.481 e. The van der Waals surface area contributed by atoms with Crippen molar-refractivity contribution >= 4 is 5.97 Å². The van der Waals surface area contributed by atoms with E-state index in [0.717, 1.165) is 11.3 Å². The highest BCUT2D eigenvalue weighted by Gasteiger charge is 2.33. The van der Waals surface area contributed by atoms with Crippen molar-refractivity contribution in [1.29, 1.82) is 0 Å². The van der Waals surface area contributed by atoms with Crippen molar-refractivity contribution < 1.29 is 9.90 Å². The van der Waals surface area contributed by atoms with Crippen LogP contribution in [0.5, 0.6) is 0 Å². The Morgan fingerprint density at radius 2 is 2.00 bits per heavy atom. The number of rotatable bonds is 2. The summed E-state index contributed by atoms with van der Waals surface area (Å²) in [5.74, 6) is -0.859. The van der Waals surface area contributed by atoms with Crippen LogP contribution in [0, 0.1) is 13.8 Å². The zero-order chi connectivity index (χ0) is 10.2. The number of nitrogens with zero attached hydrogens (tertiary/aromatic N) is 1. The molecule has 1 aromatic rings. The molecule has 0 saturated carbocycles. The summed E-state index contributed by atoms with van der Waals surface area (Å²) < 4.78 is 0. The highest BCUT2D eigenvalue weighted by molar-refractivity contribution is 5.80. The van der Waals surface area contributed by atoms with E-state index in [1.165, 1.54) is 0 Å².